The minimum Gasteiger partial charge on any atom is -0.462 e. The lowest BCUT2D eigenvalue weighted by Crippen LogP contribution is -2.29. The standard InChI is InChI=1S/C32H41FO4.C26H34/c1-3-4-5-20-36-31(34)27-13-11-25(12-14-27)23-7-9-24(10-8-23)26-15-17-28(18-16-26)37-32(35)29-19-6-22(2)21-30(29)33;1-19-3-7-21(8-4-19)23-11-15-25(16-12-23)26-17-13-24(14-18-26)22-9-5-20(2)6-10-22/h6,11-14,19,21,23-24,26,28H,3-5,7-10,15-18,20H2,1-2H3;3-10,23-26H,11-18H2,1-2H3. The van der Waals surface area contributed by atoms with Crippen LogP contribution in [-0.2, 0) is 9.47 Å². The fraction of sp³-hybridized carbons (Fsp3) is 0.552. The molecule has 0 N–H and O–H groups in total. The number of aryl methyl sites for hydroxylation is 3. The molecule has 4 fully saturated rings. The van der Waals surface area contributed by atoms with E-state index in [1.54, 1.807) is 24.1 Å². The molecule has 0 aliphatic heterocycles. The largest absolute Gasteiger partial charge is 0.462 e. The topological polar surface area (TPSA) is 52.6 Å². The molecule has 63 heavy (non-hydrogen) atoms. The van der Waals surface area contributed by atoms with Crippen LogP contribution in [-0.4, -0.2) is 24.6 Å². The molecule has 5 heteroatoms. The zero-order valence-corrected chi connectivity index (χ0v) is 38.9. The minimum atomic E-state index is -0.544. The van der Waals surface area contributed by atoms with Crippen LogP contribution in [0.4, 0.5) is 4.39 Å². The summed E-state index contributed by atoms with van der Waals surface area (Å²) in [5, 5.41) is 0. The van der Waals surface area contributed by atoms with Gasteiger partial charge < -0.3 is 9.47 Å². The highest BCUT2D eigenvalue weighted by Gasteiger charge is 2.34. The van der Waals surface area contributed by atoms with Crippen LogP contribution in [0.15, 0.2) is 91.0 Å². The molecule has 338 valence electrons. The number of hydrogen-bond acceptors (Lipinski definition) is 4. The summed E-state index contributed by atoms with van der Waals surface area (Å²) in [6.07, 6.45) is 23.1. The summed E-state index contributed by atoms with van der Waals surface area (Å²) in [7, 11) is 0. The molecule has 4 aromatic rings. The number of benzene rings is 4. The fourth-order valence-electron chi connectivity index (χ4n) is 11.6. The zero-order valence-electron chi connectivity index (χ0n) is 38.9. The quantitative estimate of drug-likeness (QED) is 0.105. The van der Waals surface area contributed by atoms with E-state index in [-0.39, 0.29) is 17.6 Å². The van der Waals surface area contributed by atoms with E-state index in [0.717, 1.165) is 80.1 Å². The van der Waals surface area contributed by atoms with Crippen LogP contribution in [0.3, 0.4) is 0 Å². The normalized spacial score (nSPS) is 26.2. The van der Waals surface area contributed by atoms with Crippen molar-refractivity contribution in [3.05, 3.63) is 141 Å². The molecule has 0 unspecified atom stereocenters. The van der Waals surface area contributed by atoms with Crippen LogP contribution >= 0.6 is 0 Å². The van der Waals surface area contributed by atoms with Crippen molar-refractivity contribution < 1.29 is 23.5 Å². The Labute approximate surface area is 379 Å². The lowest BCUT2D eigenvalue weighted by Gasteiger charge is -2.38. The number of carbonyl (C=O) groups is 2. The van der Waals surface area contributed by atoms with E-state index in [2.05, 4.69) is 81.4 Å². The summed E-state index contributed by atoms with van der Waals surface area (Å²) in [5.41, 5.74) is 8.70. The first-order valence-corrected chi connectivity index (χ1v) is 25.0. The number of rotatable bonds is 12. The van der Waals surface area contributed by atoms with Crippen molar-refractivity contribution in [2.75, 3.05) is 6.61 Å². The number of unbranched alkanes of at least 4 members (excludes halogenated alkanes) is 2. The monoisotopic (exact) mass is 855 g/mol. The van der Waals surface area contributed by atoms with E-state index in [9.17, 15) is 14.0 Å². The maximum atomic E-state index is 14.1. The van der Waals surface area contributed by atoms with E-state index >= 15 is 0 Å². The second kappa shape index (κ2) is 23.1. The number of ether oxygens (including phenoxy) is 2. The Morgan fingerprint density at radius 3 is 1.30 bits per heavy atom. The van der Waals surface area contributed by atoms with Gasteiger partial charge in [-0.25, -0.2) is 14.0 Å². The van der Waals surface area contributed by atoms with Gasteiger partial charge in [-0.2, -0.15) is 0 Å². The molecule has 0 heterocycles. The molecular weight excluding hydrogens is 780 g/mol. The van der Waals surface area contributed by atoms with Gasteiger partial charge in [0.05, 0.1) is 17.7 Å². The van der Waals surface area contributed by atoms with E-state index in [1.165, 1.54) is 106 Å². The van der Waals surface area contributed by atoms with Gasteiger partial charge in [-0.3, -0.25) is 0 Å². The summed E-state index contributed by atoms with van der Waals surface area (Å²) < 4.78 is 25.1. The van der Waals surface area contributed by atoms with Gasteiger partial charge in [0, 0.05) is 0 Å². The molecule has 0 radical (unpaired) electrons. The maximum Gasteiger partial charge on any atom is 0.341 e. The average Bonchev–Trinajstić information content (AvgIpc) is 3.31. The third-order valence-electron chi connectivity index (χ3n) is 15.7. The predicted octanol–water partition coefficient (Wildman–Crippen LogP) is 15.7. The van der Waals surface area contributed by atoms with Gasteiger partial charge in [0.2, 0.25) is 0 Å². The first-order chi connectivity index (χ1) is 30.6. The summed E-state index contributed by atoms with van der Waals surface area (Å²) >= 11 is 0. The number of esters is 2. The van der Waals surface area contributed by atoms with Gasteiger partial charge in [0.25, 0.3) is 0 Å². The van der Waals surface area contributed by atoms with Crippen LogP contribution in [0.1, 0.15) is 201 Å². The first-order valence-electron chi connectivity index (χ1n) is 25.0. The van der Waals surface area contributed by atoms with Gasteiger partial charge in [-0.1, -0.05) is 97.6 Å². The Kier molecular flexibility index (Phi) is 17.1. The molecule has 0 atom stereocenters. The highest BCUT2D eigenvalue weighted by Crippen LogP contribution is 2.46. The van der Waals surface area contributed by atoms with Crippen LogP contribution in [0.25, 0.3) is 0 Å². The van der Waals surface area contributed by atoms with Crippen LogP contribution in [0.2, 0.25) is 0 Å². The SMILES string of the molecule is CCCCCOC(=O)c1ccc(C2CCC(C3CCC(OC(=O)c4ccc(C)cc4F)CC3)CC2)cc1.Cc1ccc(C2CCC(C3CCC(c4ccc(C)cc4)CC3)CC2)cc1. The molecule has 0 bridgehead atoms. The third-order valence-corrected chi connectivity index (χ3v) is 15.7. The molecule has 4 nitrogen and oxygen atoms in total. The summed E-state index contributed by atoms with van der Waals surface area (Å²) in [6.45, 7) is 8.81. The van der Waals surface area contributed by atoms with Gasteiger partial charge in [0.15, 0.2) is 0 Å². The van der Waals surface area contributed by atoms with Crippen molar-refractivity contribution in [3.63, 3.8) is 0 Å². The van der Waals surface area contributed by atoms with Gasteiger partial charge in [-0.05, 0) is 218 Å². The van der Waals surface area contributed by atoms with Gasteiger partial charge in [0.1, 0.15) is 11.9 Å². The van der Waals surface area contributed by atoms with Crippen molar-refractivity contribution in [2.45, 2.75) is 174 Å². The third kappa shape index (κ3) is 13.2. The van der Waals surface area contributed by atoms with Crippen molar-refractivity contribution in [2.24, 2.45) is 23.7 Å². The molecule has 0 amide bonds. The van der Waals surface area contributed by atoms with E-state index in [1.807, 2.05) is 12.1 Å². The van der Waals surface area contributed by atoms with Crippen LogP contribution in [0, 0.1) is 50.3 Å². The minimum absolute atomic E-state index is 0.0305. The lowest BCUT2D eigenvalue weighted by atomic mass is 9.67. The Hall–Kier alpha value is -4.25. The predicted molar refractivity (Wildman–Crippen MR) is 255 cm³/mol. The Morgan fingerprint density at radius 2 is 0.889 bits per heavy atom. The molecule has 0 spiro atoms. The molecule has 4 saturated carbocycles. The molecule has 0 aromatic heterocycles. The van der Waals surface area contributed by atoms with Crippen molar-refractivity contribution >= 4 is 11.9 Å². The van der Waals surface area contributed by atoms with E-state index in [4.69, 9.17) is 9.47 Å². The Morgan fingerprint density at radius 1 is 0.492 bits per heavy atom. The number of halogens is 1. The fourth-order valence-corrected chi connectivity index (χ4v) is 11.6. The molecular formula is C58H75FO4. The van der Waals surface area contributed by atoms with Crippen molar-refractivity contribution in [3.8, 4) is 0 Å². The van der Waals surface area contributed by atoms with Crippen molar-refractivity contribution in [1.29, 1.82) is 0 Å². The van der Waals surface area contributed by atoms with Gasteiger partial charge >= 0.3 is 11.9 Å². The highest BCUT2D eigenvalue weighted by atomic mass is 19.1. The Bertz CT molecular complexity index is 1940. The average molecular weight is 855 g/mol. The lowest BCUT2D eigenvalue weighted by molar-refractivity contribution is 0.0110. The molecule has 4 aromatic carbocycles. The highest BCUT2D eigenvalue weighted by molar-refractivity contribution is 5.90. The molecule has 8 rings (SSSR count). The number of hydrogen-bond donors (Lipinski definition) is 0. The number of carbonyl (C=O) groups excluding carboxylic acids is 2. The molecule has 4 aliphatic rings. The van der Waals surface area contributed by atoms with Crippen molar-refractivity contribution in [1.82, 2.24) is 0 Å². The second-order valence-electron chi connectivity index (χ2n) is 20.0. The summed E-state index contributed by atoms with van der Waals surface area (Å²) in [6, 6.07) is 31.3. The first kappa shape index (κ1) is 46.7. The Balaban J connectivity index is 0.000000200. The second-order valence-corrected chi connectivity index (χ2v) is 20.0. The zero-order chi connectivity index (χ0) is 44.1. The van der Waals surface area contributed by atoms with Gasteiger partial charge in [-0.15, -0.1) is 0 Å². The molecule has 0 saturated heterocycles. The van der Waals surface area contributed by atoms with E-state index < -0.39 is 11.8 Å². The maximum absolute atomic E-state index is 14.1. The smallest absolute Gasteiger partial charge is 0.341 e. The van der Waals surface area contributed by atoms with Crippen LogP contribution in [0.5, 0.6) is 0 Å². The van der Waals surface area contributed by atoms with Crippen LogP contribution < -0.4 is 0 Å². The molecule has 4 aliphatic carbocycles. The van der Waals surface area contributed by atoms with E-state index in [0.29, 0.717) is 24.0 Å². The summed E-state index contributed by atoms with van der Waals surface area (Å²) in [4.78, 5) is 24.7. The summed E-state index contributed by atoms with van der Waals surface area (Å²) in [5.74, 6) is 4.29.